The molecule has 1 aliphatic heterocycles. The first-order valence-electron chi connectivity index (χ1n) is 11.6. The average Bonchev–Trinajstić information content (AvgIpc) is 3.28. The van der Waals surface area contributed by atoms with Crippen molar-refractivity contribution in [2.24, 2.45) is 24.6 Å². The van der Waals surface area contributed by atoms with Gasteiger partial charge in [0.25, 0.3) is 0 Å². The van der Waals surface area contributed by atoms with Crippen molar-refractivity contribution < 1.29 is 19.1 Å². The van der Waals surface area contributed by atoms with Crippen molar-refractivity contribution in [1.29, 1.82) is 0 Å². The molecule has 8 nitrogen and oxygen atoms in total. The van der Waals surface area contributed by atoms with Crippen molar-refractivity contribution in [2.75, 3.05) is 13.1 Å². The third-order valence-electron chi connectivity index (χ3n) is 5.83. The smallest absolute Gasteiger partial charge is 0.410 e. The second kappa shape index (κ2) is 9.33. The molecule has 1 amide bonds. The molecular formula is C25H38N4O4. The van der Waals surface area contributed by atoms with Crippen LogP contribution in [0.2, 0.25) is 0 Å². The minimum atomic E-state index is -0.596. The van der Waals surface area contributed by atoms with E-state index in [1.165, 1.54) is 0 Å². The lowest BCUT2D eigenvalue weighted by Crippen LogP contribution is -2.38. The number of amides is 1. The maximum Gasteiger partial charge on any atom is 0.410 e. The first-order valence-corrected chi connectivity index (χ1v) is 11.6. The molecule has 0 unspecified atom stereocenters. The summed E-state index contributed by atoms with van der Waals surface area (Å²) in [5, 5.41) is 0. The zero-order chi connectivity index (χ0) is 24.6. The highest BCUT2D eigenvalue weighted by Crippen LogP contribution is 2.31. The molecule has 2 atom stereocenters. The van der Waals surface area contributed by atoms with Gasteiger partial charge in [0.05, 0.1) is 17.0 Å². The number of carbonyl (C=O) groups is 2. The third-order valence-corrected chi connectivity index (χ3v) is 5.83. The molecule has 182 valence electrons. The molecule has 0 radical (unpaired) electrons. The summed E-state index contributed by atoms with van der Waals surface area (Å²) in [7, 11) is 1.96. The lowest BCUT2D eigenvalue weighted by molar-refractivity contribution is -0.162. The Balaban J connectivity index is 1.85. The van der Waals surface area contributed by atoms with Gasteiger partial charge in [-0.25, -0.2) is 9.78 Å². The minimum Gasteiger partial charge on any atom is -0.460 e. The van der Waals surface area contributed by atoms with Crippen LogP contribution >= 0.6 is 0 Å². The number of fused-ring (bicyclic) bond motifs is 1. The van der Waals surface area contributed by atoms with Gasteiger partial charge >= 0.3 is 12.1 Å². The zero-order valence-electron chi connectivity index (χ0n) is 21.0. The number of carbonyl (C=O) groups excluding carboxylic acids is 2. The van der Waals surface area contributed by atoms with Gasteiger partial charge in [0.15, 0.2) is 0 Å². The zero-order valence-corrected chi connectivity index (χ0v) is 21.0. The van der Waals surface area contributed by atoms with Gasteiger partial charge in [-0.05, 0) is 71.6 Å². The molecule has 8 heteroatoms. The van der Waals surface area contributed by atoms with E-state index in [0.717, 1.165) is 22.4 Å². The van der Waals surface area contributed by atoms with Crippen LogP contribution in [0.3, 0.4) is 0 Å². The molecule has 1 aromatic carbocycles. The van der Waals surface area contributed by atoms with Crippen molar-refractivity contribution >= 4 is 23.1 Å². The fourth-order valence-electron chi connectivity index (χ4n) is 4.22. The summed E-state index contributed by atoms with van der Waals surface area (Å²) in [4.78, 5) is 32.3. The lowest BCUT2D eigenvalue weighted by atomic mass is 9.88. The van der Waals surface area contributed by atoms with Gasteiger partial charge < -0.3 is 24.7 Å². The second-order valence-electron chi connectivity index (χ2n) is 10.9. The predicted molar refractivity (Wildman–Crippen MR) is 128 cm³/mol. The fraction of sp³-hybridized carbons (Fsp3) is 0.640. The summed E-state index contributed by atoms with van der Waals surface area (Å²) in [5.41, 5.74) is 7.53. The van der Waals surface area contributed by atoms with Crippen LogP contribution in [-0.4, -0.2) is 50.8 Å². The van der Waals surface area contributed by atoms with Crippen LogP contribution in [0.5, 0.6) is 0 Å². The molecule has 0 spiro atoms. The maximum atomic E-state index is 13.3. The number of aromatic nitrogens is 2. The van der Waals surface area contributed by atoms with Gasteiger partial charge in [-0.2, -0.15) is 0 Å². The molecular weight excluding hydrogens is 420 g/mol. The topological polar surface area (TPSA) is 99.7 Å². The number of esters is 1. The molecule has 1 saturated heterocycles. The number of aryl methyl sites for hydroxylation is 1. The number of nitrogens with two attached hydrogens (primary N) is 1. The Morgan fingerprint density at radius 2 is 1.82 bits per heavy atom. The highest BCUT2D eigenvalue weighted by molar-refractivity contribution is 5.78. The van der Waals surface area contributed by atoms with Crippen molar-refractivity contribution in [3.63, 3.8) is 0 Å². The van der Waals surface area contributed by atoms with E-state index in [1.54, 1.807) is 4.90 Å². The van der Waals surface area contributed by atoms with Gasteiger partial charge in [0, 0.05) is 33.1 Å². The summed E-state index contributed by atoms with van der Waals surface area (Å²) in [6.07, 6.45) is 0.806. The molecule has 33 heavy (non-hydrogen) atoms. The van der Waals surface area contributed by atoms with Crippen molar-refractivity contribution in [2.45, 2.75) is 72.1 Å². The van der Waals surface area contributed by atoms with E-state index in [9.17, 15) is 9.59 Å². The Morgan fingerprint density at radius 1 is 1.15 bits per heavy atom. The van der Waals surface area contributed by atoms with E-state index < -0.39 is 17.1 Å². The number of nitrogens with zero attached hydrogens (tertiary/aromatic N) is 3. The Labute approximate surface area is 196 Å². The Kier molecular flexibility index (Phi) is 7.07. The van der Waals surface area contributed by atoms with Crippen LogP contribution in [-0.2, 0) is 34.3 Å². The third kappa shape index (κ3) is 6.25. The number of hydrogen-bond donors (Lipinski definition) is 1. The standard InChI is InChI=1S/C25H38N4O4/c1-24(2,3)32-22(30)18(17-10-11-29(15-17)23(31)33-25(4,5)6)13-21-27-19-9-8-16(14-26)12-20(19)28(21)7/h8-9,12,17-18H,10-11,13-15,26H2,1-7H3/t17-,18-/m0/s1. The van der Waals surface area contributed by atoms with E-state index >= 15 is 0 Å². The van der Waals surface area contributed by atoms with Gasteiger partial charge in [-0.3, -0.25) is 4.79 Å². The Morgan fingerprint density at radius 3 is 2.42 bits per heavy atom. The molecule has 2 heterocycles. The van der Waals surface area contributed by atoms with E-state index in [4.69, 9.17) is 20.2 Å². The van der Waals surface area contributed by atoms with Crippen LogP contribution in [0, 0.1) is 11.8 Å². The van der Waals surface area contributed by atoms with Crippen molar-refractivity contribution in [3.05, 3.63) is 29.6 Å². The van der Waals surface area contributed by atoms with Crippen molar-refractivity contribution in [1.82, 2.24) is 14.5 Å². The largest absolute Gasteiger partial charge is 0.460 e. The first kappa shape index (κ1) is 25.0. The van der Waals surface area contributed by atoms with Gasteiger partial charge in [-0.1, -0.05) is 6.07 Å². The molecule has 0 bridgehead atoms. The molecule has 1 fully saturated rings. The van der Waals surface area contributed by atoms with E-state index in [0.29, 0.717) is 32.5 Å². The average molecular weight is 459 g/mol. The monoisotopic (exact) mass is 458 g/mol. The fourth-order valence-corrected chi connectivity index (χ4v) is 4.22. The number of benzene rings is 1. The molecule has 1 aliphatic rings. The highest BCUT2D eigenvalue weighted by Gasteiger charge is 2.39. The maximum absolute atomic E-state index is 13.3. The molecule has 0 aliphatic carbocycles. The van der Waals surface area contributed by atoms with E-state index in [-0.39, 0.29) is 18.0 Å². The number of ether oxygens (including phenoxy) is 2. The highest BCUT2D eigenvalue weighted by atomic mass is 16.6. The number of imidazole rings is 1. The molecule has 3 rings (SSSR count). The van der Waals surface area contributed by atoms with Gasteiger partial charge in [0.1, 0.15) is 17.0 Å². The quantitative estimate of drug-likeness (QED) is 0.685. The van der Waals surface area contributed by atoms with E-state index in [2.05, 4.69) is 0 Å². The van der Waals surface area contributed by atoms with Crippen LogP contribution in [0.25, 0.3) is 11.0 Å². The van der Waals surface area contributed by atoms with Crippen LogP contribution in [0.4, 0.5) is 4.79 Å². The Bertz CT molecular complexity index is 1020. The lowest BCUT2D eigenvalue weighted by Gasteiger charge is -2.28. The summed E-state index contributed by atoms with van der Waals surface area (Å²) < 4.78 is 13.3. The molecule has 2 N–H and O–H groups in total. The van der Waals surface area contributed by atoms with Gasteiger partial charge in [-0.15, -0.1) is 0 Å². The second-order valence-corrected chi connectivity index (χ2v) is 10.9. The van der Waals surface area contributed by atoms with Crippen LogP contribution in [0.1, 0.15) is 59.4 Å². The molecule has 2 aromatic rings. The molecule has 0 saturated carbocycles. The van der Waals surface area contributed by atoms with Crippen LogP contribution in [0.15, 0.2) is 18.2 Å². The summed E-state index contributed by atoms with van der Waals surface area (Å²) >= 11 is 0. The van der Waals surface area contributed by atoms with Crippen LogP contribution < -0.4 is 5.73 Å². The van der Waals surface area contributed by atoms with Gasteiger partial charge in [0.2, 0.25) is 0 Å². The number of rotatable bonds is 5. The summed E-state index contributed by atoms with van der Waals surface area (Å²) in [6.45, 7) is 12.6. The van der Waals surface area contributed by atoms with Crippen molar-refractivity contribution in [3.8, 4) is 0 Å². The SMILES string of the molecule is Cn1c(C[C@H](C(=O)OC(C)(C)C)[C@H]2CCN(C(=O)OC(C)(C)C)C2)nc2ccc(CN)cc21. The normalized spacial score (nSPS) is 17.9. The number of hydrogen-bond acceptors (Lipinski definition) is 6. The Hall–Kier alpha value is -2.61. The summed E-state index contributed by atoms with van der Waals surface area (Å²) in [6, 6.07) is 5.97. The molecule has 1 aromatic heterocycles. The minimum absolute atomic E-state index is 0.0354. The first-order chi connectivity index (χ1) is 15.3. The predicted octanol–water partition coefficient (Wildman–Crippen LogP) is 3.79. The van der Waals surface area contributed by atoms with E-state index in [1.807, 2.05) is 71.4 Å². The summed E-state index contributed by atoms with van der Waals surface area (Å²) in [5.74, 6) is 0.104. The number of likely N-dealkylation sites (tertiary alicyclic amines) is 1.